The third-order valence-electron chi connectivity index (χ3n) is 5.18. The Morgan fingerprint density at radius 1 is 1.12 bits per heavy atom. The van der Waals surface area contributed by atoms with Crippen LogP contribution in [-0.4, -0.2) is 65.5 Å². The molecule has 0 N–H and O–H groups in total. The highest BCUT2D eigenvalue weighted by molar-refractivity contribution is 5.49. The summed E-state index contributed by atoms with van der Waals surface area (Å²) >= 11 is 0. The van der Waals surface area contributed by atoms with Gasteiger partial charge in [0.15, 0.2) is 0 Å². The topological polar surface area (TPSA) is 67.5 Å². The minimum atomic E-state index is 0.493. The lowest BCUT2D eigenvalue weighted by atomic mass is 10.0. The van der Waals surface area contributed by atoms with Crippen LogP contribution in [0.15, 0.2) is 22.9 Å². The molecule has 0 aliphatic carbocycles. The van der Waals surface area contributed by atoms with E-state index in [2.05, 4.69) is 37.9 Å². The first kappa shape index (κ1) is 16.5. The van der Waals surface area contributed by atoms with Gasteiger partial charge in [0.05, 0.1) is 13.2 Å². The lowest BCUT2D eigenvalue weighted by molar-refractivity contribution is 0.0114. The zero-order chi connectivity index (χ0) is 17.1. The van der Waals surface area contributed by atoms with Gasteiger partial charge in [-0.15, -0.1) is 0 Å². The summed E-state index contributed by atoms with van der Waals surface area (Å²) in [7, 11) is 0. The highest BCUT2D eigenvalue weighted by Gasteiger charge is 2.27. The molecular formula is C18H25N5O2. The summed E-state index contributed by atoms with van der Waals surface area (Å²) in [6.45, 7) is 7.86. The van der Waals surface area contributed by atoms with Gasteiger partial charge in [-0.3, -0.25) is 9.88 Å². The van der Waals surface area contributed by atoms with Crippen molar-refractivity contribution in [2.24, 2.45) is 0 Å². The molecule has 4 heterocycles. The van der Waals surface area contributed by atoms with Crippen LogP contribution >= 0.6 is 0 Å². The lowest BCUT2D eigenvalue weighted by Crippen LogP contribution is -2.49. The molecule has 0 aromatic carbocycles. The Bertz CT molecular complexity index is 673. The zero-order valence-corrected chi connectivity index (χ0v) is 14.7. The summed E-state index contributed by atoms with van der Waals surface area (Å²) in [4.78, 5) is 13.7. The molecule has 25 heavy (non-hydrogen) atoms. The molecule has 0 saturated carbocycles. The van der Waals surface area contributed by atoms with E-state index < -0.39 is 0 Å². The first-order valence-electron chi connectivity index (χ1n) is 9.19. The molecule has 2 saturated heterocycles. The third-order valence-corrected chi connectivity index (χ3v) is 5.18. The molecule has 2 fully saturated rings. The second-order valence-electron chi connectivity index (χ2n) is 6.67. The van der Waals surface area contributed by atoms with Crippen LogP contribution in [0.3, 0.4) is 0 Å². The van der Waals surface area contributed by atoms with Crippen LogP contribution < -0.4 is 4.90 Å². The Kier molecular flexibility index (Phi) is 4.94. The van der Waals surface area contributed by atoms with E-state index in [1.165, 1.54) is 5.56 Å². The van der Waals surface area contributed by atoms with Gasteiger partial charge >= 0.3 is 0 Å². The average Bonchev–Trinajstić information content (AvgIpc) is 3.19. The minimum Gasteiger partial charge on any atom is -0.379 e. The number of pyridine rings is 1. The molecule has 2 aromatic rings. The number of anilines is 1. The van der Waals surface area contributed by atoms with E-state index in [1.54, 1.807) is 0 Å². The van der Waals surface area contributed by atoms with Gasteiger partial charge in [0.25, 0.3) is 11.8 Å². The zero-order valence-electron chi connectivity index (χ0n) is 14.7. The fourth-order valence-corrected chi connectivity index (χ4v) is 3.58. The van der Waals surface area contributed by atoms with Crippen molar-refractivity contribution in [1.29, 1.82) is 0 Å². The predicted octanol–water partition coefficient (Wildman–Crippen LogP) is 1.99. The van der Waals surface area contributed by atoms with Gasteiger partial charge in [-0.25, -0.2) is 0 Å². The van der Waals surface area contributed by atoms with Crippen LogP contribution in [0.4, 0.5) is 5.95 Å². The van der Waals surface area contributed by atoms with Crippen molar-refractivity contribution in [1.82, 2.24) is 20.0 Å². The summed E-state index contributed by atoms with van der Waals surface area (Å²) < 4.78 is 10.9. The number of morpholine rings is 1. The first-order valence-corrected chi connectivity index (χ1v) is 9.19. The number of aromatic nitrogens is 3. The van der Waals surface area contributed by atoms with Gasteiger partial charge in [-0.1, -0.05) is 13.0 Å². The van der Waals surface area contributed by atoms with Crippen LogP contribution in [0.2, 0.25) is 0 Å². The summed E-state index contributed by atoms with van der Waals surface area (Å²) in [5.74, 6) is 1.17. The maximum absolute atomic E-state index is 5.45. The first-order chi connectivity index (χ1) is 12.3. The normalized spacial score (nSPS) is 20.1. The summed E-state index contributed by atoms with van der Waals surface area (Å²) in [6, 6.07) is 4.65. The second-order valence-corrected chi connectivity index (χ2v) is 6.67. The summed E-state index contributed by atoms with van der Waals surface area (Å²) in [6.07, 6.45) is 5.11. The Morgan fingerprint density at radius 2 is 1.92 bits per heavy atom. The monoisotopic (exact) mass is 343 g/mol. The molecular weight excluding hydrogens is 318 g/mol. The average molecular weight is 343 g/mol. The van der Waals surface area contributed by atoms with E-state index in [-0.39, 0.29) is 0 Å². The quantitative estimate of drug-likeness (QED) is 0.841. The van der Waals surface area contributed by atoms with Crippen molar-refractivity contribution in [2.75, 3.05) is 44.3 Å². The predicted molar refractivity (Wildman–Crippen MR) is 94.5 cm³/mol. The number of piperidine rings is 1. The van der Waals surface area contributed by atoms with Gasteiger partial charge in [0.1, 0.15) is 5.69 Å². The SMILES string of the molecule is CCc1ccc(-c2nc(N3CCC(N4CCOCC4)CC3)no2)nc1. The number of rotatable bonds is 4. The van der Waals surface area contributed by atoms with E-state index in [9.17, 15) is 0 Å². The van der Waals surface area contributed by atoms with Crippen molar-refractivity contribution in [3.05, 3.63) is 23.9 Å². The molecule has 7 heteroatoms. The Balaban J connectivity index is 1.37. The molecule has 2 aliphatic rings. The largest absolute Gasteiger partial charge is 0.379 e. The maximum atomic E-state index is 5.45. The van der Waals surface area contributed by atoms with Gasteiger partial charge in [-0.05, 0) is 36.0 Å². The third kappa shape index (κ3) is 3.67. The van der Waals surface area contributed by atoms with Crippen LogP contribution in [-0.2, 0) is 11.2 Å². The fraction of sp³-hybridized carbons (Fsp3) is 0.611. The Labute approximate surface area is 148 Å². The molecule has 0 atom stereocenters. The molecule has 0 amide bonds. The molecule has 0 unspecified atom stereocenters. The van der Waals surface area contributed by atoms with Crippen molar-refractivity contribution < 1.29 is 9.26 Å². The lowest BCUT2D eigenvalue weighted by Gasteiger charge is -2.39. The molecule has 134 valence electrons. The molecule has 7 nitrogen and oxygen atoms in total. The molecule has 0 radical (unpaired) electrons. The highest BCUT2D eigenvalue weighted by atomic mass is 16.5. The van der Waals surface area contributed by atoms with Crippen molar-refractivity contribution in [2.45, 2.75) is 32.2 Å². The number of hydrogen-bond donors (Lipinski definition) is 0. The molecule has 0 bridgehead atoms. The Hall–Kier alpha value is -1.99. The number of aryl methyl sites for hydroxylation is 1. The maximum Gasteiger partial charge on any atom is 0.278 e. The van der Waals surface area contributed by atoms with Gasteiger partial charge in [-0.2, -0.15) is 4.98 Å². The smallest absolute Gasteiger partial charge is 0.278 e. The van der Waals surface area contributed by atoms with Gasteiger partial charge in [0.2, 0.25) is 0 Å². The van der Waals surface area contributed by atoms with Gasteiger partial charge < -0.3 is 14.2 Å². The van der Waals surface area contributed by atoms with Crippen LogP contribution in [0.25, 0.3) is 11.6 Å². The van der Waals surface area contributed by atoms with Crippen LogP contribution in [0.1, 0.15) is 25.3 Å². The van der Waals surface area contributed by atoms with Crippen LogP contribution in [0, 0.1) is 0 Å². The van der Waals surface area contributed by atoms with E-state index in [0.717, 1.165) is 64.3 Å². The van der Waals surface area contributed by atoms with E-state index in [1.807, 2.05) is 12.3 Å². The number of ether oxygens (including phenoxy) is 1. The van der Waals surface area contributed by atoms with Crippen molar-refractivity contribution >= 4 is 5.95 Å². The van der Waals surface area contributed by atoms with Crippen molar-refractivity contribution in [3.63, 3.8) is 0 Å². The molecule has 0 spiro atoms. The van der Waals surface area contributed by atoms with Crippen molar-refractivity contribution in [3.8, 4) is 11.6 Å². The standard InChI is InChI=1S/C18H25N5O2/c1-2-14-3-4-16(19-13-14)17-20-18(21-25-17)23-7-5-15(6-8-23)22-9-11-24-12-10-22/h3-4,13,15H,2,5-12H2,1H3. The van der Waals surface area contributed by atoms with E-state index in [0.29, 0.717) is 17.9 Å². The summed E-state index contributed by atoms with van der Waals surface area (Å²) in [5, 5.41) is 4.16. The fourth-order valence-electron chi connectivity index (χ4n) is 3.58. The summed E-state index contributed by atoms with van der Waals surface area (Å²) in [5.41, 5.74) is 1.94. The van der Waals surface area contributed by atoms with Crippen LogP contribution in [0.5, 0.6) is 0 Å². The molecule has 4 rings (SSSR count). The number of hydrogen-bond acceptors (Lipinski definition) is 7. The number of nitrogens with zero attached hydrogens (tertiary/aromatic N) is 5. The van der Waals surface area contributed by atoms with E-state index in [4.69, 9.17) is 9.26 Å². The minimum absolute atomic E-state index is 0.493. The Morgan fingerprint density at radius 3 is 2.60 bits per heavy atom. The van der Waals surface area contributed by atoms with Gasteiger partial charge in [0, 0.05) is 38.4 Å². The molecule has 2 aromatic heterocycles. The van der Waals surface area contributed by atoms with E-state index >= 15 is 0 Å². The molecule has 2 aliphatic heterocycles. The highest BCUT2D eigenvalue weighted by Crippen LogP contribution is 2.23. The second kappa shape index (κ2) is 7.49.